The maximum atomic E-state index is 8.90. The Morgan fingerprint density at radius 3 is 2.21 bits per heavy atom. The van der Waals surface area contributed by atoms with Crippen molar-refractivity contribution in [2.24, 2.45) is 0 Å². The lowest BCUT2D eigenvalue weighted by Crippen LogP contribution is -2.15. The van der Waals surface area contributed by atoms with Crippen LogP contribution in [0.4, 0.5) is 11.4 Å². The van der Waals surface area contributed by atoms with Crippen molar-refractivity contribution < 1.29 is 0 Å². The van der Waals surface area contributed by atoms with Crippen molar-refractivity contribution in [3.63, 3.8) is 0 Å². The van der Waals surface area contributed by atoms with Crippen molar-refractivity contribution in [1.29, 1.82) is 5.26 Å². The summed E-state index contributed by atoms with van der Waals surface area (Å²) >= 11 is 0. The van der Waals surface area contributed by atoms with E-state index >= 15 is 0 Å². The van der Waals surface area contributed by atoms with E-state index in [-0.39, 0.29) is 5.41 Å². The third-order valence-electron chi connectivity index (χ3n) is 4.89. The molecule has 1 N–H and O–H groups in total. The van der Waals surface area contributed by atoms with Crippen LogP contribution in [0.1, 0.15) is 30.5 Å². The second kappa shape index (κ2) is 5.25. The summed E-state index contributed by atoms with van der Waals surface area (Å²) in [7, 11) is 0. The Labute approximate surface area is 142 Å². The number of nitrogens with zero attached hydrogens (tertiary/aromatic N) is 1. The smallest absolute Gasteiger partial charge is 0.0991 e. The highest BCUT2D eigenvalue weighted by molar-refractivity contribution is 5.82. The van der Waals surface area contributed by atoms with Crippen LogP contribution in [0.5, 0.6) is 0 Å². The predicted octanol–water partition coefficient (Wildman–Crippen LogP) is 5.61. The molecule has 4 rings (SSSR count). The Morgan fingerprint density at radius 2 is 1.46 bits per heavy atom. The summed E-state index contributed by atoms with van der Waals surface area (Å²) in [6.45, 7) is 4.56. The maximum Gasteiger partial charge on any atom is 0.0991 e. The van der Waals surface area contributed by atoms with Gasteiger partial charge < -0.3 is 5.32 Å². The maximum absolute atomic E-state index is 8.90. The lowest BCUT2D eigenvalue weighted by Gasteiger charge is -2.22. The van der Waals surface area contributed by atoms with Crippen molar-refractivity contribution in [3.8, 4) is 17.2 Å². The van der Waals surface area contributed by atoms with Gasteiger partial charge in [-0.3, -0.25) is 0 Å². The van der Waals surface area contributed by atoms with E-state index in [1.807, 2.05) is 24.3 Å². The molecule has 1 aliphatic rings. The van der Waals surface area contributed by atoms with Crippen molar-refractivity contribution in [3.05, 3.63) is 83.4 Å². The van der Waals surface area contributed by atoms with Gasteiger partial charge in [-0.05, 0) is 58.7 Å². The van der Waals surface area contributed by atoms with Gasteiger partial charge in [0.25, 0.3) is 0 Å². The molecule has 0 atom stereocenters. The van der Waals surface area contributed by atoms with Crippen LogP contribution in [0, 0.1) is 11.3 Å². The van der Waals surface area contributed by atoms with E-state index in [1.165, 1.54) is 22.3 Å². The third-order valence-corrected chi connectivity index (χ3v) is 4.89. The number of hydrogen-bond donors (Lipinski definition) is 1. The molecule has 0 amide bonds. The molecule has 0 saturated heterocycles. The standard InChI is InChI=1S/C22H18N2/c1-22(2)20-6-4-3-5-18(20)19-12-11-17(13-21(19)22)24-16-9-7-15(14-23)8-10-16/h3-13,24H,1-2H3. The van der Waals surface area contributed by atoms with E-state index in [0.29, 0.717) is 5.56 Å². The Kier molecular flexibility index (Phi) is 3.18. The fourth-order valence-electron chi connectivity index (χ4n) is 3.58. The van der Waals surface area contributed by atoms with Crippen LogP contribution < -0.4 is 5.32 Å². The van der Waals surface area contributed by atoms with Gasteiger partial charge in [0.15, 0.2) is 0 Å². The van der Waals surface area contributed by atoms with Crippen molar-refractivity contribution in [2.45, 2.75) is 19.3 Å². The molecule has 0 radical (unpaired) electrons. The third kappa shape index (κ3) is 2.18. The zero-order valence-corrected chi connectivity index (χ0v) is 13.8. The monoisotopic (exact) mass is 310 g/mol. The van der Waals surface area contributed by atoms with Gasteiger partial charge in [-0.2, -0.15) is 5.26 Å². The number of benzene rings is 3. The second-order valence-corrected chi connectivity index (χ2v) is 6.75. The van der Waals surface area contributed by atoms with Crippen LogP contribution in [0.3, 0.4) is 0 Å². The number of anilines is 2. The minimum atomic E-state index is 0.00822. The average molecular weight is 310 g/mol. The van der Waals surface area contributed by atoms with Crippen LogP contribution in [0.25, 0.3) is 11.1 Å². The van der Waals surface area contributed by atoms with Gasteiger partial charge in [0, 0.05) is 16.8 Å². The first kappa shape index (κ1) is 14.5. The molecule has 0 aromatic heterocycles. The predicted molar refractivity (Wildman–Crippen MR) is 98.4 cm³/mol. The molecule has 0 heterocycles. The van der Waals surface area contributed by atoms with Crippen LogP contribution in [-0.4, -0.2) is 0 Å². The summed E-state index contributed by atoms with van der Waals surface area (Å²) in [5, 5.41) is 12.3. The topological polar surface area (TPSA) is 35.8 Å². The number of fused-ring (bicyclic) bond motifs is 3. The Bertz CT molecular complexity index is 960. The van der Waals surface area contributed by atoms with E-state index in [4.69, 9.17) is 5.26 Å². The van der Waals surface area contributed by atoms with Gasteiger partial charge in [0.05, 0.1) is 11.6 Å². The molecule has 0 unspecified atom stereocenters. The molecule has 0 aliphatic heterocycles. The first-order valence-electron chi connectivity index (χ1n) is 8.11. The van der Waals surface area contributed by atoms with Gasteiger partial charge >= 0.3 is 0 Å². The fourth-order valence-corrected chi connectivity index (χ4v) is 3.58. The molecule has 2 nitrogen and oxygen atoms in total. The molecule has 3 aromatic carbocycles. The molecular formula is C22H18N2. The summed E-state index contributed by atoms with van der Waals surface area (Å²) in [6, 6.07) is 24.9. The largest absolute Gasteiger partial charge is 0.356 e. The van der Waals surface area contributed by atoms with Gasteiger partial charge in [0.1, 0.15) is 0 Å². The van der Waals surface area contributed by atoms with Crippen molar-refractivity contribution in [2.75, 3.05) is 5.32 Å². The minimum Gasteiger partial charge on any atom is -0.356 e. The quantitative estimate of drug-likeness (QED) is 0.668. The normalized spacial score (nSPS) is 13.7. The molecule has 0 saturated carbocycles. The minimum absolute atomic E-state index is 0.00822. The summed E-state index contributed by atoms with van der Waals surface area (Å²) in [5.41, 5.74) is 8.13. The van der Waals surface area contributed by atoms with E-state index < -0.39 is 0 Å². The summed E-state index contributed by atoms with van der Waals surface area (Å²) in [6.07, 6.45) is 0. The van der Waals surface area contributed by atoms with Gasteiger partial charge in [-0.1, -0.05) is 44.2 Å². The number of rotatable bonds is 2. The molecule has 0 spiro atoms. The fraction of sp³-hybridized carbons (Fsp3) is 0.136. The van der Waals surface area contributed by atoms with Gasteiger partial charge in [-0.15, -0.1) is 0 Å². The number of nitriles is 1. The SMILES string of the molecule is CC1(C)c2ccccc2-c2ccc(Nc3ccc(C#N)cc3)cc21. The summed E-state index contributed by atoms with van der Waals surface area (Å²) in [5.74, 6) is 0. The van der Waals surface area contributed by atoms with E-state index in [1.54, 1.807) is 0 Å². The summed E-state index contributed by atoms with van der Waals surface area (Å²) < 4.78 is 0. The molecule has 2 heteroatoms. The molecule has 116 valence electrons. The zero-order chi connectivity index (χ0) is 16.7. The second-order valence-electron chi connectivity index (χ2n) is 6.75. The summed E-state index contributed by atoms with van der Waals surface area (Å²) in [4.78, 5) is 0. The molecular weight excluding hydrogens is 292 g/mol. The van der Waals surface area contributed by atoms with Crippen LogP contribution in [0.2, 0.25) is 0 Å². The highest BCUT2D eigenvalue weighted by atomic mass is 14.9. The average Bonchev–Trinajstić information content (AvgIpc) is 2.84. The highest BCUT2D eigenvalue weighted by Gasteiger charge is 2.35. The lowest BCUT2D eigenvalue weighted by atomic mass is 9.82. The van der Waals surface area contributed by atoms with Crippen molar-refractivity contribution >= 4 is 11.4 Å². The Morgan fingerprint density at radius 1 is 0.792 bits per heavy atom. The number of hydrogen-bond acceptors (Lipinski definition) is 2. The van der Waals surface area contributed by atoms with E-state index in [0.717, 1.165) is 11.4 Å². The highest BCUT2D eigenvalue weighted by Crippen LogP contribution is 2.49. The Balaban J connectivity index is 1.72. The van der Waals surface area contributed by atoms with Crippen LogP contribution in [-0.2, 0) is 5.41 Å². The van der Waals surface area contributed by atoms with Crippen molar-refractivity contribution in [1.82, 2.24) is 0 Å². The first-order chi connectivity index (χ1) is 11.6. The van der Waals surface area contributed by atoms with E-state index in [2.05, 4.69) is 67.7 Å². The molecule has 0 fully saturated rings. The van der Waals surface area contributed by atoms with Gasteiger partial charge in [-0.25, -0.2) is 0 Å². The van der Waals surface area contributed by atoms with Gasteiger partial charge in [0.2, 0.25) is 0 Å². The molecule has 1 aliphatic carbocycles. The Hall–Kier alpha value is -3.05. The molecule has 24 heavy (non-hydrogen) atoms. The lowest BCUT2D eigenvalue weighted by molar-refractivity contribution is 0.660. The first-order valence-corrected chi connectivity index (χ1v) is 8.11. The molecule has 3 aromatic rings. The zero-order valence-electron chi connectivity index (χ0n) is 13.8. The number of nitrogens with one attached hydrogen (secondary N) is 1. The molecule has 0 bridgehead atoms. The van der Waals surface area contributed by atoms with Crippen LogP contribution >= 0.6 is 0 Å². The van der Waals surface area contributed by atoms with Crippen LogP contribution in [0.15, 0.2) is 66.7 Å². The van der Waals surface area contributed by atoms with E-state index in [9.17, 15) is 0 Å².